The molecular weight excluding hydrogens is 270 g/mol. The predicted octanol–water partition coefficient (Wildman–Crippen LogP) is -1.15. The molecule has 0 heterocycles. The number of hydrogen-bond acceptors (Lipinski definition) is 6. The number of amides is 1. The van der Waals surface area contributed by atoms with Crippen LogP contribution in [0.5, 0.6) is 0 Å². The van der Waals surface area contributed by atoms with Gasteiger partial charge in [0.15, 0.2) is 5.78 Å². The third-order valence-corrected chi connectivity index (χ3v) is 3.31. The minimum atomic E-state index is -0.587. The van der Waals surface area contributed by atoms with Crippen molar-refractivity contribution in [2.24, 2.45) is 17.2 Å². The highest BCUT2D eigenvalue weighted by molar-refractivity contribution is 5.91. The van der Waals surface area contributed by atoms with Crippen LogP contribution in [0.1, 0.15) is 38.5 Å². The van der Waals surface area contributed by atoms with E-state index >= 15 is 0 Å². The number of rotatable bonds is 13. The molecule has 0 saturated carbocycles. The van der Waals surface area contributed by atoms with Gasteiger partial charge in [0.2, 0.25) is 5.91 Å². The summed E-state index contributed by atoms with van der Waals surface area (Å²) in [6.45, 7) is 1.41. The normalized spacial score (nSPS) is 13.7. The molecule has 0 radical (unpaired) electrons. The van der Waals surface area contributed by atoms with E-state index in [4.69, 9.17) is 17.2 Å². The molecule has 0 bridgehead atoms. The van der Waals surface area contributed by atoms with Gasteiger partial charge in [-0.1, -0.05) is 6.42 Å². The van der Waals surface area contributed by atoms with Gasteiger partial charge in [0.25, 0.3) is 0 Å². The zero-order chi connectivity index (χ0) is 16.1. The lowest BCUT2D eigenvalue weighted by Crippen LogP contribution is -2.50. The number of likely N-dealkylation sites (N-methyl/N-ethyl adjacent to an activating group) is 1. The number of ketones is 1. The molecule has 7 nitrogen and oxygen atoms in total. The van der Waals surface area contributed by atoms with Crippen molar-refractivity contribution in [1.82, 2.24) is 10.6 Å². The van der Waals surface area contributed by atoms with Crippen molar-refractivity contribution in [3.63, 3.8) is 0 Å². The van der Waals surface area contributed by atoms with E-state index in [1.807, 2.05) is 0 Å². The number of nitrogens with two attached hydrogens (primary N) is 3. The second-order valence-corrected chi connectivity index (χ2v) is 5.23. The molecule has 0 aromatic heterocycles. The summed E-state index contributed by atoms with van der Waals surface area (Å²) < 4.78 is 0. The molecule has 0 unspecified atom stereocenters. The van der Waals surface area contributed by atoms with Crippen LogP contribution in [0.4, 0.5) is 0 Å². The first-order valence-corrected chi connectivity index (χ1v) is 7.70. The lowest BCUT2D eigenvalue weighted by atomic mass is 10.0. The summed E-state index contributed by atoms with van der Waals surface area (Å²) in [7, 11) is 1.70. The predicted molar refractivity (Wildman–Crippen MR) is 84.7 cm³/mol. The molecule has 0 saturated heterocycles. The molecule has 0 spiro atoms. The van der Waals surface area contributed by atoms with Crippen LogP contribution in [0, 0.1) is 0 Å². The summed E-state index contributed by atoms with van der Waals surface area (Å²) in [6, 6.07) is -1.08. The van der Waals surface area contributed by atoms with Crippen LogP contribution >= 0.6 is 0 Å². The highest BCUT2D eigenvalue weighted by atomic mass is 16.2. The maximum atomic E-state index is 12.0. The number of hydrogen-bond donors (Lipinski definition) is 5. The van der Waals surface area contributed by atoms with Gasteiger partial charge >= 0.3 is 0 Å². The van der Waals surface area contributed by atoms with Crippen LogP contribution in [-0.4, -0.2) is 50.5 Å². The van der Waals surface area contributed by atoms with Gasteiger partial charge in [-0.3, -0.25) is 9.59 Å². The number of nitrogens with one attached hydrogen (secondary N) is 2. The molecule has 8 N–H and O–H groups in total. The first-order chi connectivity index (χ1) is 10.1. The molecule has 1 amide bonds. The minimum Gasteiger partial charge on any atom is -0.345 e. The summed E-state index contributed by atoms with van der Waals surface area (Å²) in [4.78, 5) is 24.0. The first-order valence-electron chi connectivity index (χ1n) is 7.70. The summed E-state index contributed by atoms with van der Waals surface area (Å²) >= 11 is 0. The SMILES string of the molecule is CNCC(=O)[C@H](CCCCN)NC(=O)[C@@H](N)CCCCN. The molecule has 0 aliphatic carbocycles. The second kappa shape index (κ2) is 12.7. The molecule has 0 aliphatic heterocycles. The van der Waals surface area contributed by atoms with Crippen molar-refractivity contribution in [1.29, 1.82) is 0 Å². The molecule has 0 aromatic rings. The zero-order valence-electron chi connectivity index (χ0n) is 13.1. The van der Waals surface area contributed by atoms with E-state index in [1.54, 1.807) is 7.05 Å². The van der Waals surface area contributed by atoms with Crippen LogP contribution in [-0.2, 0) is 9.59 Å². The van der Waals surface area contributed by atoms with Crippen LogP contribution in [0.25, 0.3) is 0 Å². The topological polar surface area (TPSA) is 136 Å². The van der Waals surface area contributed by atoms with Crippen molar-refractivity contribution < 1.29 is 9.59 Å². The molecule has 0 rings (SSSR count). The van der Waals surface area contributed by atoms with E-state index in [-0.39, 0.29) is 18.2 Å². The molecule has 21 heavy (non-hydrogen) atoms. The second-order valence-electron chi connectivity index (χ2n) is 5.23. The standard InChI is InChI=1S/C14H31N5O2/c1-18-10-13(20)12(7-3-5-9-16)19-14(21)11(17)6-2-4-8-15/h11-12,18H,2-10,15-17H2,1H3,(H,19,21)/t11-,12-/m0/s1. The lowest BCUT2D eigenvalue weighted by Gasteiger charge is -2.20. The van der Waals surface area contributed by atoms with Gasteiger partial charge < -0.3 is 27.8 Å². The van der Waals surface area contributed by atoms with Gasteiger partial charge in [0, 0.05) is 0 Å². The number of carbonyl (C=O) groups excluding carboxylic acids is 2. The number of unbranched alkanes of at least 4 members (excludes halogenated alkanes) is 2. The Bertz CT molecular complexity index is 299. The van der Waals surface area contributed by atoms with E-state index < -0.39 is 12.1 Å². The quantitative estimate of drug-likeness (QED) is 0.272. The van der Waals surface area contributed by atoms with E-state index in [0.29, 0.717) is 25.9 Å². The Kier molecular flexibility index (Phi) is 12.1. The Hall–Kier alpha value is -1.02. The summed E-state index contributed by atoms with van der Waals surface area (Å²) in [5, 5.41) is 5.57. The van der Waals surface area contributed by atoms with Gasteiger partial charge in [0.05, 0.1) is 18.6 Å². The monoisotopic (exact) mass is 301 g/mol. The lowest BCUT2D eigenvalue weighted by molar-refractivity contribution is -0.128. The Labute approximate surface area is 127 Å². The average Bonchev–Trinajstić information content (AvgIpc) is 2.46. The van der Waals surface area contributed by atoms with Gasteiger partial charge in [-0.05, 0) is 52.2 Å². The smallest absolute Gasteiger partial charge is 0.237 e. The summed E-state index contributed by atoms with van der Waals surface area (Å²) in [5.74, 6) is -0.300. The fourth-order valence-corrected chi connectivity index (χ4v) is 2.02. The summed E-state index contributed by atoms with van der Waals surface area (Å²) in [5.41, 5.74) is 16.7. The van der Waals surface area contributed by atoms with E-state index in [2.05, 4.69) is 10.6 Å². The van der Waals surface area contributed by atoms with Gasteiger partial charge in [-0.25, -0.2) is 0 Å². The van der Waals surface area contributed by atoms with Crippen molar-refractivity contribution in [2.75, 3.05) is 26.7 Å². The molecule has 0 aromatic carbocycles. The fourth-order valence-electron chi connectivity index (χ4n) is 2.02. The van der Waals surface area contributed by atoms with Crippen molar-refractivity contribution in [2.45, 2.75) is 50.6 Å². The van der Waals surface area contributed by atoms with E-state index in [0.717, 1.165) is 25.7 Å². The number of carbonyl (C=O) groups is 2. The third-order valence-electron chi connectivity index (χ3n) is 3.31. The fraction of sp³-hybridized carbons (Fsp3) is 0.857. The number of Topliss-reactive ketones (excluding diaryl/α,β-unsaturated/α-hetero) is 1. The van der Waals surface area contributed by atoms with Crippen molar-refractivity contribution in [3.8, 4) is 0 Å². The van der Waals surface area contributed by atoms with Crippen LogP contribution in [0.15, 0.2) is 0 Å². The minimum absolute atomic E-state index is 0.0305. The largest absolute Gasteiger partial charge is 0.345 e. The van der Waals surface area contributed by atoms with Crippen molar-refractivity contribution >= 4 is 11.7 Å². The van der Waals surface area contributed by atoms with Gasteiger partial charge in [-0.2, -0.15) is 0 Å². The highest BCUT2D eigenvalue weighted by Gasteiger charge is 2.22. The van der Waals surface area contributed by atoms with E-state index in [9.17, 15) is 9.59 Å². The first kappa shape index (κ1) is 20.0. The maximum Gasteiger partial charge on any atom is 0.237 e. The van der Waals surface area contributed by atoms with Gasteiger partial charge in [-0.15, -0.1) is 0 Å². The molecule has 7 heteroatoms. The molecule has 0 fully saturated rings. The van der Waals surface area contributed by atoms with E-state index in [1.165, 1.54) is 0 Å². The van der Waals surface area contributed by atoms with Crippen LogP contribution in [0.2, 0.25) is 0 Å². The Morgan fingerprint density at radius 1 is 1.00 bits per heavy atom. The Morgan fingerprint density at radius 3 is 2.10 bits per heavy atom. The van der Waals surface area contributed by atoms with Crippen LogP contribution < -0.4 is 27.8 Å². The third kappa shape index (κ3) is 9.52. The Balaban J connectivity index is 4.34. The molecule has 0 aliphatic rings. The van der Waals surface area contributed by atoms with Gasteiger partial charge in [0.1, 0.15) is 0 Å². The molecule has 2 atom stereocenters. The molecule has 124 valence electrons. The highest BCUT2D eigenvalue weighted by Crippen LogP contribution is 2.04. The maximum absolute atomic E-state index is 12.0. The summed E-state index contributed by atoms with van der Waals surface area (Å²) in [6.07, 6.45) is 4.48. The average molecular weight is 301 g/mol. The van der Waals surface area contributed by atoms with Crippen LogP contribution in [0.3, 0.4) is 0 Å². The zero-order valence-corrected chi connectivity index (χ0v) is 13.1. The van der Waals surface area contributed by atoms with Crippen molar-refractivity contribution in [3.05, 3.63) is 0 Å². The Morgan fingerprint density at radius 2 is 1.57 bits per heavy atom. The molecular formula is C14H31N5O2.